The van der Waals surface area contributed by atoms with Crippen LogP contribution in [0.3, 0.4) is 0 Å². The average Bonchev–Trinajstić information content (AvgIpc) is 3.60. The van der Waals surface area contributed by atoms with Crippen molar-refractivity contribution in [3.63, 3.8) is 0 Å². The molecule has 5 rings (SSSR count). The van der Waals surface area contributed by atoms with Crippen molar-refractivity contribution in [1.82, 2.24) is 25.0 Å². The molecular formula is C22H28N6O5S. The molecule has 2 heterocycles. The highest BCUT2D eigenvalue weighted by Crippen LogP contribution is 2.41. The SMILES string of the molecule is CCCSc1nc(N(c2ccccc2)C2CC2)c2nnn(C3[C@@H](O)C(O)C(O)[C@@H](O)[C@H]3O)c2n1. The number of nitrogens with zero attached hydrogens (tertiary/aromatic N) is 6. The van der Waals surface area contributed by atoms with Gasteiger partial charge in [-0.1, -0.05) is 42.1 Å². The van der Waals surface area contributed by atoms with Crippen molar-refractivity contribution >= 4 is 34.4 Å². The summed E-state index contributed by atoms with van der Waals surface area (Å²) in [6, 6.07) is 8.83. The van der Waals surface area contributed by atoms with E-state index < -0.39 is 36.6 Å². The number of hydrogen-bond donors (Lipinski definition) is 5. The molecule has 0 amide bonds. The highest BCUT2D eigenvalue weighted by atomic mass is 32.2. The molecular weight excluding hydrogens is 460 g/mol. The summed E-state index contributed by atoms with van der Waals surface area (Å²) >= 11 is 1.47. The lowest BCUT2D eigenvalue weighted by atomic mass is 9.83. The van der Waals surface area contributed by atoms with E-state index in [1.165, 1.54) is 16.4 Å². The maximum Gasteiger partial charge on any atom is 0.191 e. The Balaban J connectivity index is 1.66. The van der Waals surface area contributed by atoms with Gasteiger partial charge in [0.15, 0.2) is 22.1 Å². The largest absolute Gasteiger partial charge is 0.388 e. The minimum Gasteiger partial charge on any atom is -0.388 e. The molecule has 0 aliphatic heterocycles. The molecule has 0 saturated heterocycles. The maximum absolute atomic E-state index is 10.7. The van der Waals surface area contributed by atoms with E-state index in [-0.39, 0.29) is 11.7 Å². The van der Waals surface area contributed by atoms with Crippen LogP contribution < -0.4 is 4.90 Å². The van der Waals surface area contributed by atoms with E-state index in [0.717, 1.165) is 30.7 Å². The highest BCUT2D eigenvalue weighted by Gasteiger charge is 2.50. The first-order chi connectivity index (χ1) is 16.4. The van der Waals surface area contributed by atoms with Crippen molar-refractivity contribution in [2.75, 3.05) is 10.7 Å². The number of benzene rings is 1. The van der Waals surface area contributed by atoms with Gasteiger partial charge in [0, 0.05) is 17.5 Å². The molecule has 11 nitrogen and oxygen atoms in total. The van der Waals surface area contributed by atoms with Crippen LogP contribution in [-0.2, 0) is 0 Å². The lowest BCUT2D eigenvalue weighted by Crippen LogP contribution is -2.61. The van der Waals surface area contributed by atoms with Gasteiger partial charge in [-0.05, 0) is 31.4 Å². The summed E-state index contributed by atoms with van der Waals surface area (Å²) < 4.78 is 1.22. The van der Waals surface area contributed by atoms with E-state index in [1.807, 2.05) is 30.3 Å². The van der Waals surface area contributed by atoms with Crippen LogP contribution in [0, 0.1) is 0 Å². The van der Waals surface area contributed by atoms with Gasteiger partial charge in [-0.15, -0.1) is 5.10 Å². The Morgan fingerprint density at radius 1 is 0.941 bits per heavy atom. The van der Waals surface area contributed by atoms with Gasteiger partial charge in [0.05, 0.1) is 0 Å². The van der Waals surface area contributed by atoms with E-state index in [1.54, 1.807) is 0 Å². The fraction of sp³-hybridized carbons (Fsp3) is 0.545. The van der Waals surface area contributed by atoms with Gasteiger partial charge in [-0.25, -0.2) is 14.6 Å². The molecule has 5 N–H and O–H groups in total. The summed E-state index contributed by atoms with van der Waals surface area (Å²) in [6.07, 6.45) is -5.32. The summed E-state index contributed by atoms with van der Waals surface area (Å²) in [5.41, 5.74) is 1.60. The predicted molar refractivity (Wildman–Crippen MR) is 125 cm³/mol. The maximum atomic E-state index is 10.7. The minimum absolute atomic E-state index is 0.249. The molecule has 1 aromatic carbocycles. The van der Waals surface area contributed by atoms with Gasteiger partial charge >= 0.3 is 0 Å². The van der Waals surface area contributed by atoms with Crippen LogP contribution in [0.4, 0.5) is 11.5 Å². The summed E-state index contributed by atoms with van der Waals surface area (Å²) in [6.45, 7) is 2.06. The Hall–Kier alpha value is -2.35. The van der Waals surface area contributed by atoms with Crippen LogP contribution in [-0.4, -0.2) is 92.8 Å². The molecule has 34 heavy (non-hydrogen) atoms. The second-order valence-corrected chi connectivity index (χ2v) is 9.83. The summed E-state index contributed by atoms with van der Waals surface area (Å²) in [4.78, 5) is 11.5. The number of para-hydroxylation sites is 1. The van der Waals surface area contributed by atoms with Gasteiger partial charge in [0.2, 0.25) is 0 Å². The molecule has 182 valence electrons. The van der Waals surface area contributed by atoms with Crippen molar-refractivity contribution in [2.45, 2.75) is 73.9 Å². The number of fused-ring (bicyclic) bond motifs is 1. The molecule has 2 aromatic heterocycles. The Morgan fingerprint density at radius 3 is 2.21 bits per heavy atom. The summed E-state index contributed by atoms with van der Waals surface area (Å²) in [5.74, 6) is 1.36. The molecule has 2 aliphatic rings. The first-order valence-electron chi connectivity index (χ1n) is 11.4. The molecule has 6 atom stereocenters. The van der Waals surface area contributed by atoms with Crippen LogP contribution in [0.2, 0.25) is 0 Å². The zero-order valence-corrected chi connectivity index (χ0v) is 19.4. The summed E-state index contributed by atoms with van der Waals surface area (Å²) in [7, 11) is 0. The number of thioether (sulfide) groups is 1. The Kier molecular flexibility index (Phi) is 6.44. The van der Waals surface area contributed by atoms with Gasteiger partial charge in [-0.3, -0.25) is 0 Å². The first kappa shape index (κ1) is 23.4. The number of anilines is 2. The predicted octanol–water partition coefficient (Wildman–Crippen LogP) is 0.383. The third-order valence-electron chi connectivity index (χ3n) is 6.28. The quantitative estimate of drug-likeness (QED) is 0.231. The van der Waals surface area contributed by atoms with Gasteiger partial charge in [0.1, 0.15) is 36.6 Å². The van der Waals surface area contributed by atoms with E-state index in [0.29, 0.717) is 16.5 Å². The molecule has 2 aliphatic carbocycles. The van der Waals surface area contributed by atoms with Crippen molar-refractivity contribution in [1.29, 1.82) is 0 Å². The molecule has 3 aromatic rings. The lowest BCUT2D eigenvalue weighted by Gasteiger charge is -2.41. The van der Waals surface area contributed by atoms with E-state index >= 15 is 0 Å². The Bertz CT molecular complexity index is 1130. The van der Waals surface area contributed by atoms with Crippen molar-refractivity contribution in [3.05, 3.63) is 30.3 Å². The van der Waals surface area contributed by atoms with Gasteiger partial charge in [0.25, 0.3) is 0 Å². The van der Waals surface area contributed by atoms with Crippen LogP contribution in [0.25, 0.3) is 11.2 Å². The Labute approximate surface area is 200 Å². The average molecular weight is 489 g/mol. The third-order valence-corrected chi connectivity index (χ3v) is 7.33. The van der Waals surface area contributed by atoms with E-state index in [4.69, 9.17) is 4.98 Å². The highest BCUT2D eigenvalue weighted by molar-refractivity contribution is 7.99. The standard InChI is InChI=1S/C22H28N6O5S/c1-2-10-34-22-23-20(27(12-8-9-12)11-6-4-3-5-7-11)13-21(24-22)28(26-25-13)14-15(29)17(31)19(33)18(32)16(14)30/h3-7,12,14-19,29-33H,2,8-10H2,1H3/t14?,15-,16+,17-,18?,19?/m0/s1. The van der Waals surface area contributed by atoms with Crippen LogP contribution >= 0.6 is 11.8 Å². The lowest BCUT2D eigenvalue weighted by molar-refractivity contribution is -0.199. The fourth-order valence-electron chi connectivity index (χ4n) is 4.35. The van der Waals surface area contributed by atoms with Crippen LogP contribution in [0.1, 0.15) is 32.2 Å². The van der Waals surface area contributed by atoms with Gasteiger partial charge in [-0.2, -0.15) is 0 Å². The van der Waals surface area contributed by atoms with Crippen molar-refractivity contribution in [2.24, 2.45) is 0 Å². The zero-order valence-electron chi connectivity index (χ0n) is 18.6. The number of aliphatic hydroxyl groups is 5. The smallest absolute Gasteiger partial charge is 0.191 e. The number of rotatable bonds is 7. The monoisotopic (exact) mass is 488 g/mol. The molecule has 12 heteroatoms. The molecule has 2 saturated carbocycles. The third kappa shape index (κ3) is 4.04. The van der Waals surface area contributed by atoms with Gasteiger partial charge < -0.3 is 30.4 Å². The van der Waals surface area contributed by atoms with Crippen molar-refractivity contribution in [3.8, 4) is 0 Å². The number of hydrogen-bond acceptors (Lipinski definition) is 11. The summed E-state index contributed by atoms with van der Waals surface area (Å²) in [5, 5.41) is 60.7. The van der Waals surface area contributed by atoms with Crippen LogP contribution in [0.5, 0.6) is 0 Å². The second kappa shape index (κ2) is 9.36. The first-order valence-corrected chi connectivity index (χ1v) is 12.4. The normalized spacial score (nSPS) is 29.5. The molecule has 0 spiro atoms. The molecule has 0 radical (unpaired) electrons. The molecule has 0 bridgehead atoms. The number of aliphatic hydroxyl groups excluding tert-OH is 5. The minimum atomic E-state index is -1.69. The number of aromatic nitrogens is 5. The fourth-order valence-corrected chi connectivity index (χ4v) is 5.04. The zero-order chi connectivity index (χ0) is 24.0. The van der Waals surface area contributed by atoms with Crippen LogP contribution in [0.15, 0.2) is 35.5 Å². The van der Waals surface area contributed by atoms with Crippen molar-refractivity contribution < 1.29 is 25.5 Å². The topological polar surface area (TPSA) is 161 Å². The Morgan fingerprint density at radius 2 is 1.59 bits per heavy atom. The molecule has 2 fully saturated rings. The van der Waals surface area contributed by atoms with E-state index in [9.17, 15) is 25.5 Å². The van der Waals surface area contributed by atoms with E-state index in [2.05, 4.69) is 27.1 Å². The molecule has 3 unspecified atom stereocenters. The second-order valence-electron chi connectivity index (χ2n) is 8.76.